The van der Waals surface area contributed by atoms with Gasteiger partial charge in [-0.05, 0) is 63.3 Å². The molecule has 6 heteroatoms. The summed E-state index contributed by atoms with van der Waals surface area (Å²) in [5.74, 6) is 0.441. The van der Waals surface area contributed by atoms with Crippen molar-refractivity contribution in [1.29, 1.82) is 0 Å². The van der Waals surface area contributed by atoms with Crippen molar-refractivity contribution in [2.75, 3.05) is 6.54 Å². The highest BCUT2D eigenvalue weighted by Crippen LogP contribution is 2.39. The SMILES string of the molecule is CCN1C(=O)/C(=C/c2ccc3c(c2O)C=CC(C)(C)O3)OC1=S. The molecule has 120 valence electrons. The van der Waals surface area contributed by atoms with Gasteiger partial charge in [0.15, 0.2) is 5.76 Å². The van der Waals surface area contributed by atoms with Crippen molar-refractivity contribution in [2.45, 2.75) is 26.4 Å². The summed E-state index contributed by atoms with van der Waals surface area (Å²) in [5.41, 5.74) is 0.637. The Morgan fingerprint density at radius 2 is 2.13 bits per heavy atom. The summed E-state index contributed by atoms with van der Waals surface area (Å²) in [7, 11) is 0. The topological polar surface area (TPSA) is 59.0 Å². The molecule has 1 aromatic carbocycles. The monoisotopic (exact) mass is 331 g/mol. The van der Waals surface area contributed by atoms with E-state index in [-0.39, 0.29) is 22.6 Å². The summed E-state index contributed by atoms with van der Waals surface area (Å²) >= 11 is 5.01. The van der Waals surface area contributed by atoms with Crippen molar-refractivity contribution in [2.24, 2.45) is 0 Å². The standard InChI is InChI=1S/C17H17NO4S/c1-4-18-15(20)13(21-16(18)23)9-10-5-6-12-11(14(10)19)7-8-17(2,3)22-12/h5-9,19H,4H2,1-3H3/b13-9-. The van der Waals surface area contributed by atoms with Gasteiger partial charge in [-0.1, -0.05) is 0 Å². The molecule has 2 aliphatic rings. The molecule has 1 amide bonds. The van der Waals surface area contributed by atoms with E-state index < -0.39 is 5.60 Å². The lowest BCUT2D eigenvalue weighted by molar-refractivity contribution is -0.122. The van der Waals surface area contributed by atoms with E-state index in [0.29, 0.717) is 23.4 Å². The highest BCUT2D eigenvalue weighted by molar-refractivity contribution is 7.80. The largest absolute Gasteiger partial charge is 0.507 e. The number of ether oxygens (including phenoxy) is 2. The third-order valence-corrected chi connectivity index (χ3v) is 4.01. The molecule has 1 aromatic rings. The second-order valence-electron chi connectivity index (χ2n) is 5.88. The Balaban J connectivity index is 1.99. The van der Waals surface area contributed by atoms with Crippen LogP contribution in [0, 0.1) is 0 Å². The van der Waals surface area contributed by atoms with Crippen molar-refractivity contribution in [3.8, 4) is 11.5 Å². The normalized spacial score (nSPS) is 20.5. The van der Waals surface area contributed by atoms with Gasteiger partial charge < -0.3 is 14.6 Å². The maximum Gasteiger partial charge on any atom is 0.297 e. The van der Waals surface area contributed by atoms with Crippen LogP contribution in [0.4, 0.5) is 0 Å². The zero-order valence-corrected chi connectivity index (χ0v) is 13.9. The number of likely N-dealkylation sites (N-methyl/N-ethyl adjacent to an activating group) is 1. The van der Waals surface area contributed by atoms with Gasteiger partial charge in [-0.15, -0.1) is 0 Å². The molecule has 0 radical (unpaired) electrons. The third kappa shape index (κ3) is 2.70. The van der Waals surface area contributed by atoms with Gasteiger partial charge in [0.05, 0.1) is 5.56 Å². The van der Waals surface area contributed by atoms with Gasteiger partial charge in [-0.25, -0.2) is 0 Å². The van der Waals surface area contributed by atoms with Crippen LogP contribution >= 0.6 is 12.2 Å². The molecule has 5 nitrogen and oxygen atoms in total. The molecule has 0 saturated carbocycles. The average molecular weight is 331 g/mol. The fourth-order valence-corrected chi connectivity index (χ4v) is 2.79. The molecule has 23 heavy (non-hydrogen) atoms. The van der Waals surface area contributed by atoms with E-state index in [1.807, 2.05) is 32.9 Å². The minimum absolute atomic E-state index is 0.0408. The maximum atomic E-state index is 12.2. The van der Waals surface area contributed by atoms with Crippen LogP contribution in [-0.2, 0) is 9.53 Å². The van der Waals surface area contributed by atoms with Gasteiger partial charge in [0.2, 0.25) is 0 Å². The molecule has 0 aromatic heterocycles. The third-order valence-electron chi connectivity index (χ3n) is 3.71. The van der Waals surface area contributed by atoms with Crippen LogP contribution in [0.15, 0.2) is 24.0 Å². The highest BCUT2D eigenvalue weighted by Gasteiger charge is 2.32. The lowest BCUT2D eigenvalue weighted by Gasteiger charge is -2.28. The summed E-state index contributed by atoms with van der Waals surface area (Å²) < 4.78 is 11.1. The first kappa shape index (κ1) is 15.6. The van der Waals surface area contributed by atoms with Crippen LogP contribution in [-0.4, -0.2) is 33.2 Å². The van der Waals surface area contributed by atoms with Gasteiger partial charge >= 0.3 is 0 Å². The second kappa shape index (κ2) is 5.38. The molecule has 0 spiro atoms. The van der Waals surface area contributed by atoms with E-state index >= 15 is 0 Å². The molecular formula is C17H17NO4S. The van der Waals surface area contributed by atoms with Gasteiger partial charge in [0.1, 0.15) is 17.1 Å². The quantitative estimate of drug-likeness (QED) is 0.667. The van der Waals surface area contributed by atoms with Crippen LogP contribution in [0.3, 0.4) is 0 Å². The zero-order valence-electron chi connectivity index (χ0n) is 13.1. The van der Waals surface area contributed by atoms with Crippen molar-refractivity contribution in [3.63, 3.8) is 0 Å². The molecule has 0 unspecified atom stereocenters. The number of amides is 1. The van der Waals surface area contributed by atoms with Gasteiger partial charge in [-0.3, -0.25) is 9.69 Å². The average Bonchev–Trinajstić information content (AvgIpc) is 2.75. The molecule has 0 aliphatic carbocycles. The lowest BCUT2D eigenvalue weighted by Crippen LogP contribution is -2.27. The number of phenolic OH excluding ortho intramolecular Hbond substituents is 1. The summed E-state index contributed by atoms with van der Waals surface area (Å²) in [6.07, 6.45) is 5.18. The second-order valence-corrected chi connectivity index (χ2v) is 6.23. The van der Waals surface area contributed by atoms with Gasteiger partial charge in [0.25, 0.3) is 11.1 Å². The highest BCUT2D eigenvalue weighted by atomic mass is 32.1. The van der Waals surface area contributed by atoms with Crippen molar-refractivity contribution in [3.05, 3.63) is 35.1 Å². The van der Waals surface area contributed by atoms with Crippen LogP contribution < -0.4 is 4.74 Å². The summed E-state index contributed by atoms with van der Waals surface area (Å²) in [4.78, 5) is 13.5. The predicted octanol–water partition coefficient (Wildman–Crippen LogP) is 3.08. The van der Waals surface area contributed by atoms with E-state index in [4.69, 9.17) is 21.7 Å². The van der Waals surface area contributed by atoms with E-state index in [2.05, 4.69) is 0 Å². The summed E-state index contributed by atoms with van der Waals surface area (Å²) in [5, 5.41) is 10.6. The Kier molecular flexibility index (Phi) is 3.64. The number of nitrogens with zero attached hydrogens (tertiary/aromatic N) is 1. The minimum Gasteiger partial charge on any atom is -0.507 e. The van der Waals surface area contributed by atoms with Gasteiger partial charge in [-0.2, -0.15) is 0 Å². The fourth-order valence-electron chi connectivity index (χ4n) is 2.49. The molecule has 3 rings (SSSR count). The number of fused-ring (bicyclic) bond motifs is 1. The van der Waals surface area contributed by atoms with E-state index in [1.165, 1.54) is 11.0 Å². The number of carbonyl (C=O) groups is 1. The van der Waals surface area contributed by atoms with E-state index in [0.717, 1.165) is 0 Å². The number of carbonyl (C=O) groups excluding carboxylic acids is 1. The molecule has 1 N–H and O–H groups in total. The number of aromatic hydroxyl groups is 1. The number of hydrogen-bond donors (Lipinski definition) is 1. The minimum atomic E-state index is -0.419. The number of rotatable bonds is 2. The molecular weight excluding hydrogens is 314 g/mol. The number of thiocarbonyl (C=S) groups is 1. The van der Waals surface area contributed by atoms with Crippen molar-refractivity contribution >= 4 is 35.5 Å². The first-order chi connectivity index (χ1) is 10.8. The molecule has 1 fully saturated rings. The Morgan fingerprint density at radius 1 is 1.39 bits per heavy atom. The van der Waals surface area contributed by atoms with Crippen molar-refractivity contribution in [1.82, 2.24) is 4.90 Å². The zero-order chi connectivity index (χ0) is 16.8. The fraction of sp³-hybridized carbons (Fsp3) is 0.294. The molecule has 2 heterocycles. The Morgan fingerprint density at radius 3 is 2.78 bits per heavy atom. The summed E-state index contributed by atoms with van der Waals surface area (Å²) in [6, 6.07) is 3.45. The number of phenols is 1. The van der Waals surface area contributed by atoms with E-state index in [9.17, 15) is 9.90 Å². The summed E-state index contributed by atoms with van der Waals surface area (Å²) in [6.45, 7) is 6.13. The maximum absolute atomic E-state index is 12.2. The predicted molar refractivity (Wildman–Crippen MR) is 90.9 cm³/mol. The van der Waals surface area contributed by atoms with Gasteiger partial charge in [0, 0.05) is 12.1 Å². The van der Waals surface area contributed by atoms with Crippen LogP contribution in [0.1, 0.15) is 31.9 Å². The Labute approximate surface area is 139 Å². The molecule has 2 aliphatic heterocycles. The van der Waals surface area contributed by atoms with E-state index in [1.54, 1.807) is 12.1 Å². The lowest BCUT2D eigenvalue weighted by atomic mass is 9.99. The van der Waals surface area contributed by atoms with Crippen LogP contribution in [0.5, 0.6) is 11.5 Å². The number of benzene rings is 1. The number of hydrogen-bond acceptors (Lipinski definition) is 5. The Hall–Kier alpha value is -2.34. The first-order valence-corrected chi connectivity index (χ1v) is 7.73. The van der Waals surface area contributed by atoms with Crippen LogP contribution in [0.25, 0.3) is 12.2 Å². The van der Waals surface area contributed by atoms with Crippen LogP contribution in [0.2, 0.25) is 0 Å². The van der Waals surface area contributed by atoms with Crippen molar-refractivity contribution < 1.29 is 19.4 Å². The first-order valence-electron chi connectivity index (χ1n) is 7.32. The smallest absolute Gasteiger partial charge is 0.297 e. The molecule has 1 saturated heterocycles. The molecule has 0 bridgehead atoms. The Bertz CT molecular complexity index is 764. The molecule has 0 atom stereocenters.